The normalized spacial score (nSPS) is 11.8. The maximum absolute atomic E-state index is 13.4. The number of amides is 2. The van der Waals surface area contributed by atoms with E-state index in [0.717, 1.165) is 10.5 Å². The lowest BCUT2D eigenvalue weighted by atomic mass is 10.2. The van der Waals surface area contributed by atoms with Crippen molar-refractivity contribution in [3.8, 4) is 5.75 Å². The van der Waals surface area contributed by atoms with E-state index in [1.165, 1.54) is 18.2 Å². The Morgan fingerprint density at radius 2 is 1.92 bits per heavy atom. The van der Waals surface area contributed by atoms with E-state index in [2.05, 4.69) is 26.8 Å². The van der Waals surface area contributed by atoms with Crippen molar-refractivity contribution < 1.29 is 18.7 Å². The van der Waals surface area contributed by atoms with Gasteiger partial charge in [-0.1, -0.05) is 40.2 Å². The lowest BCUT2D eigenvalue weighted by Gasteiger charge is -2.14. The molecule has 2 rings (SSSR count). The molecule has 0 aliphatic heterocycles. The Bertz CT molecular complexity index is 795. The predicted octanol–water partition coefficient (Wildman–Crippen LogP) is 3.22. The molecule has 7 heteroatoms. The summed E-state index contributed by atoms with van der Waals surface area (Å²) in [5, 5.41) is 0. The molecule has 0 spiro atoms. The number of hydrazine groups is 1. The van der Waals surface area contributed by atoms with Crippen molar-refractivity contribution in [3.05, 3.63) is 70.5 Å². The summed E-state index contributed by atoms with van der Waals surface area (Å²) in [7, 11) is 0. The van der Waals surface area contributed by atoms with Gasteiger partial charge in [0.05, 0.1) is 0 Å². The van der Waals surface area contributed by atoms with Crippen LogP contribution in [0.4, 0.5) is 4.39 Å². The Morgan fingerprint density at radius 1 is 1.16 bits per heavy atom. The molecule has 2 aromatic carbocycles. The number of benzene rings is 2. The van der Waals surface area contributed by atoms with E-state index < -0.39 is 23.7 Å². The molecule has 0 bridgehead atoms. The summed E-state index contributed by atoms with van der Waals surface area (Å²) in [5.41, 5.74) is 4.73. The van der Waals surface area contributed by atoms with Crippen molar-refractivity contribution in [2.75, 3.05) is 0 Å². The highest BCUT2D eigenvalue weighted by molar-refractivity contribution is 9.10. The number of halogens is 2. The Kier molecular flexibility index (Phi) is 6.71. The van der Waals surface area contributed by atoms with E-state index in [4.69, 9.17) is 4.74 Å². The van der Waals surface area contributed by atoms with Gasteiger partial charge in [-0.2, -0.15) is 0 Å². The van der Waals surface area contributed by atoms with Gasteiger partial charge in [-0.25, -0.2) is 4.39 Å². The predicted molar refractivity (Wildman–Crippen MR) is 96.0 cm³/mol. The highest BCUT2D eigenvalue weighted by Crippen LogP contribution is 2.18. The summed E-state index contributed by atoms with van der Waals surface area (Å²) in [4.78, 5) is 23.6. The van der Waals surface area contributed by atoms with Crippen LogP contribution in [0.1, 0.15) is 12.5 Å². The smallest absolute Gasteiger partial charge is 0.279 e. The van der Waals surface area contributed by atoms with Gasteiger partial charge in [0.1, 0.15) is 11.6 Å². The number of rotatable bonds is 5. The molecular formula is C18H16BrFN2O3. The van der Waals surface area contributed by atoms with E-state index in [9.17, 15) is 14.0 Å². The third-order valence-corrected chi connectivity index (χ3v) is 3.60. The summed E-state index contributed by atoms with van der Waals surface area (Å²) >= 11 is 3.31. The number of hydrogen-bond acceptors (Lipinski definition) is 3. The zero-order valence-corrected chi connectivity index (χ0v) is 14.9. The Morgan fingerprint density at radius 3 is 2.64 bits per heavy atom. The molecule has 25 heavy (non-hydrogen) atoms. The molecule has 0 heterocycles. The minimum Gasteiger partial charge on any atom is -0.481 e. The van der Waals surface area contributed by atoms with Gasteiger partial charge in [-0.3, -0.25) is 20.4 Å². The van der Waals surface area contributed by atoms with Crippen LogP contribution in [-0.2, 0) is 9.59 Å². The summed E-state index contributed by atoms with van der Waals surface area (Å²) in [6.07, 6.45) is 1.63. The van der Waals surface area contributed by atoms with Crippen LogP contribution < -0.4 is 15.6 Å². The maximum Gasteiger partial charge on any atom is 0.279 e. The Balaban J connectivity index is 1.82. The monoisotopic (exact) mass is 406 g/mol. The number of carbonyl (C=O) groups excluding carboxylic acids is 2. The first-order chi connectivity index (χ1) is 12.0. The quantitative estimate of drug-likeness (QED) is 0.591. The van der Waals surface area contributed by atoms with E-state index in [1.54, 1.807) is 37.3 Å². The summed E-state index contributed by atoms with van der Waals surface area (Å²) in [5.74, 6) is -1.03. The molecule has 0 radical (unpaired) electrons. The van der Waals surface area contributed by atoms with Crippen molar-refractivity contribution >= 4 is 33.8 Å². The van der Waals surface area contributed by atoms with E-state index >= 15 is 0 Å². The molecule has 0 saturated heterocycles. The van der Waals surface area contributed by atoms with Crippen LogP contribution in [0.5, 0.6) is 5.75 Å². The molecule has 130 valence electrons. The third-order valence-electron chi connectivity index (χ3n) is 3.11. The second-order valence-corrected chi connectivity index (χ2v) is 5.97. The fraction of sp³-hybridized carbons (Fsp3) is 0.111. The highest BCUT2D eigenvalue weighted by Gasteiger charge is 2.15. The Hall–Kier alpha value is -2.67. The topological polar surface area (TPSA) is 67.4 Å². The van der Waals surface area contributed by atoms with E-state index in [1.807, 2.05) is 6.07 Å². The molecule has 2 aromatic rings. The molecule has 0 aliphatic carbocycles. The minimum absolute atomic E-state index is 0.273. The van der Waals surface area contributed by atoms with E-state index in [0.29, 0.717) is 5.75 Å². The average Bonchev–Trinajstić information content (AvgIpc) is 2.59. The second kappa shape index (κ2) is 8.98. The van der Waals surface area contributed by atoms with Gasteiger partial charge in [0.2, 0.25) is 0 Å². The molecule has 5 nitrogen and oxygen atoms in total. The van der Waals surface area contributed by atoms with Crippen LogP contribution >= 0.6 is 15.9 Å². The van der Waals surface area contributed by atoms with Crippen LogP contribution in [0.3, 0.4) is 0 Å². The second-order valence-electron chi connectivity index (χ2n) is 5.05. The molecule has 0 fully saturated rings. The molecule has 0 aromatic heterocycles. The third kappa shape index (κ3) is 6.04. The zero-order chi connectivity index (χ0) is 18.2. The van der Waals surface area contributed by atoms with Crippen molar-refractivity contribution in [1.29, 1.82) is 0 Å². The van der Waals surface area contributed by atoms with Crippen molar-refractivity contribution in [2.24, 2.45) is 0 Å². The van der Waals surface area contributed by atoms with Gasteiger partial charge in [-0.05, 0) is 37.3 Å². The highest BCUT2D eigenvalue weighted by atomic mass is 79.9. The average molecular weight is 407 g/mol. The van der Waals surface area contributed by atoms with Gasteiger partial charge in [0, 0.05) is 16.1 Å². The summed E-state index contributed by atoms with van der Waals surface area (Å²) in [6.45, 7) is 1.55. The standard InChI is InChI=1S/C18H16BrFN2O3/c1-12(25-15-7-4-6-14(19)11-15)18(24)22-21-17(23)10-9-13-5-2-3-8-16(13)20/h2-12H,1H3,(H,21,23)(H,22,24)/b10-9+/t12-/m1/s1. The van der Waals surface area contributed by atoms with Gasteiger partial charge in [-0.15, -0.1) is 0 Å². The number of carbonyl (C=O) groups is 2. The minimum atomic E-state index is -0.815. The molecule has 0 aliphatic rings. The summed E-state index contributed by atoms with van der Waals surface area (Å²) < 4.78 is 19.7. The Labute approximate surface area is 153 Å². The molecule has 1 atom stereocenters. The first-order valence-electron chi connectivity index (χ1n) is 7.40. The van der Waals surface area contributed by atoms with Gasteiger partial charge < -0.3 is 4.74 Å². The first kappa shape index (κ1) is 18.7. The maximum atomic E-state index is 13.4. The van der Waals surface area contributed by atoms with Crippen LogP contribution in [0.2, 0.25) is 0 Å². The zero-order valence-electron chi connectivity index (χ0n) is 13.3. The van der Waals surface area contributed by atoms with Crippen LogP contribution in [-0.4, -0.2) is 17.9 Å². The molecular weight excluding hydrogens is 391 g/mol. The largest absolute Gasteiger partial charge is 0.481 e. The van der Waals surface area contributed by atoms with Crippen LogP contribution in [0.15, 0.2) is 59.1 Å². The van der Waals surface area contributed by atoms with E-state index in [-0.39, 0.29) is 5.56 Å². The fourth-order valence-electron chi connectivity index (χ4n) is 1.84. The fourth-order valence-corrected chi connectivity index (χ4v) is 2.22. The van der Waals surface area contributed by atoms with Crippen molar-refractivity contribution in [2.45, 2.75) is 13.0 Å². The lowest BCUT2D eigenvalue weighted by molar-refractivity contribution is -0.131. The number of nitrogens with one attached hydrogen (secondary N) is 2. The first-order valence-corrected chi connectivity index (χ1v) is 8.19. The van der Waals surface area contributed by atoms with Crippen LogP contribution in [0, 0.1) is 5.82 Å². The summed E-state index contributed by atoms with van der Waals surface area (Å²) in [6, 6.07) is 13.1. The molecule has 2 amide bonds. The van der Waals surface area contributed by atoms with Gasteiger partial charge in [0.15, 0.2) is 6.10 Å². The SMILES string of the molecule is C[C@@H](Oc1cccc(Br)c1)C(=O)NNC(=O)/C=C/c1ccccc1F. The molecule has 2 N–H and O–H groups in total. The van der Waals surface area contributed by atoms with Gasteiger partial charge in [0.25, 0.3) is 11.8 Å². The van der Waals surface area contributed by atoms with Crippen molar-refractivity contribution in [1.82, 2.24) is 10.9 Å². The van der Waals surface area contributed by atoms with Gasteiger partial charge >= 0.3 is 0 Å². The number of hydrogen-bond donors (Lipinski definition) is 2. The lowest BCUT2D eigenvalue weighted by Crippen LogP contribution is -2.46. The van der Waals surface area contributed by atoms with Crippen LogP contribution in [0.25, 0.3) is 6.08 Å². The number of ether oxygens (including phenoxy) is 1. The molecule has 0 saturated carbocycles. The molecule has 0 unspecified atom stereocenters. The van der Waals surface area contributed by atoms with Crippen molar-refractivity contribution in [3.63, 3.8) is 0 Å².